The van der Waals surface area contributed by atoms with Crippen LogP contribution in [0.1, 0.15) is 24.6 Å². The van der Waals surface area contributed by atoms with Gasteiger partial charge >= 0.3 is 0 Å². The average Bonchev–Trinajstić information content (AvgIpc) is 2.86. The van der Waals surface area contributed by atoms with E-state index in [0.717, 1.165) is 6.54 Å². The topological polar surface area (TPSA) is 29.9 Å². The zero-order valence-electron chi connectivity index (χ0n) is 8.03. The van der Waals surface area contributed by atoms with Gasteiger partial charge in [0, 0.05) is 17.8 Å². The SMILES string of the molecule is c1ccc2[nH]c(C3CCC[N]3)cc2c1. The van der Waals surface area contributed by atoms with Crippen LogP contribution in [-0.2, 0) is 0 Å². The van der Waals surface area contributed by atoms with Gasteiger partial charge in [0.1, 0.15) is 0 Å². The summed E-state index contributed by atoms with van der Waals surface area (Å²) in [5.41, 5.74) is 2.51. The summed E-state index contributed by atoms with van der Waals surface area (Å²) in [5, 5.41) is 5.87. The summed E-state index contributed by atoms with van der Waals surface area (Å²) in [6.45, 7) is 1.03. The van der Waals surface area contributed by atoms with Crippen molar-refractivity contribution in [3.05, 3.63) is 36.0 Å². The van der Waals surface area contributed by atoms with Crippen LogP contribution in [0, 0.1) is 0 Å². The fraction of sp³-hybridized carbons (Fsp3) is 0.333. The summed E-state index contributed by atoms with van der Waals surface area (Å²) in [4.78, 5) is 3.44. The fourth-order valence-electron chi connectivity index (χ4n) is 2.15. The van der Waals surface area contributed by atoms with Gasteiger partial charge in [0.15, 0.2) is 0 Å². The summed E-state index contributed by atoms with van der Waals surface area (Å²) in [6, 6.07) is 11.1. The van der Waals surface area contributed by atoms with Crippen molar-refractivity contribution < 1.29 is 0 Å². The summed E-state index contributed by atoms with van der Waals surface area (Å²) < 4.78 is 0. The van der Waals surface area contributed by atoms with E-state index < -0.39 is 0 Å². The van der Waals surface area contributed by atoms with E-state index in [1.807, 2.05) is 0 Å². The summed E-state index contributed by atoms with van der Waals surface area (Å²) in [7, 11) is 0. The zero-order valence-corrected chi connectivity index (χ0v) is 8.03. The Labute approximate surface area is 83.3 Å². The Kier molecular flexibility index (Phi) is 1.81. The lowest BCUT2D eigenvalue weighted by atomic mass is 10.1. The van der Waals surface area contributed by atoms with Gasteiger partial charge in [-0.2, -0.15) is 0 Å². The molecule has 1 aliphatic rings. The standard InChI is InChI=1S/C12H13N2/c1-2-5-10-9(4-1)8-12(14-10)11-6-3-7-13-11/h1-2,4-5,8,11,14H,3,6-7H2. The van der Waals surface area contributed by atoms with Gasteiger partial charge in [-0.15, -0.1) is 0 Å². The normalized spacial score (nSPS) is 21.9. The lowest BCUT2D eigenvalue weighted by Crippen LogP contribution is -2.04. The van der Waals surface area contributed by atoms with Gasteiger partial charge in [0.25, 0.3) is 0 Å². The van der Waals surface area contributed by atoms with Gasteiger partial charge in [-0.25, -0.2) is 5.32 Å². The van der Waals surface area contributed by atoms with Crippen molar-refractivity contribution in [2.45, 2.75) is 18.9 Å². The van der Waals surface area contributed by atoms with Crippen molar-refractivity contribution in [2.75, 3.05) is 6.54 Å². The van der Waals surface area contributed by atoms with Crippen LogP contribution >= 0.6 is 0 Å². The maximum Gasteiger partial charge on any atom is 0.0646 e. The Balaban J connectivity index is 2.05. The number of aromatic amines is 1. The minimum Gasteiger partial charge on any atom is -0.357 e. The predicted octanol–water partition coefficient (Wildman–Crippen LogP) is 2.61. The number of hydrogen-bond acceptors (Lipinski definition) is 0. The summed E-state index contributed by atoms with van der Waals surface area (Å²) >= 11 is 0. The molecule has 1 atom stereocenters. The number of hydrogen-bond donors (Lipinski definition) is 1. The Bertz CT molecular complexity index is 405. The first-order valence-electron chi connectivity index (χ1n) is 5.18. The number of fused-ring (bicyclic) bond motifs is 1. The van der Waals surface area contributed by atoms with Crippen molar-refractivity contribution in [3.63, 3.8) is 0 Å². The van der Waals surface area contributed by atoms with Crippen LogP contribution in [0.2, 0.25) is 0 Å². The van der Waals surface area contributed by atoms with Crippen molar-refractivity contribution in [1.82, 2.24) is 10.3 Å². The third-order valence-electron chi connectivity index (χ3n) is 2.89. The minimum absolute atomic E-state index is 0.419. The summed E-state index contributed by atoms with van der Waals surface area (Å²) in [5.74, 6) is 0. The molecule has 2 heteroatoms. The Morgan fingerprint density at radius 2 is 2.21 bits per heavy atom. The van der Waals surface area contributed by atoms with Crippen LogP contribution in [-0.4, -0.2) is 11.5 Å². The Hall–Kier alpha value is -1.28. The quantitative estimate of drug-likeness (QED) is 0.708. The van der Waals surface area contributed by atoms with Crippen molar-refractivity contribution in [3.8, 4) is 0 Å². The highest BCUT2D eigenvalue weighted by Crippen LogP contribution is 2.26. The molecule has 3 rings (SSSR count). The molecule has 2 nitrogen and oxygen atoms in total. The maximum atomic E-state index is 4.57. The first kappa shape index (κ1) is 8.06. The maximum absolute atomic E-state index is 4.57. The molecule has 14 heavy (non-hydrogen) atoms. The van der Waals surface area contributed by atoms with E-state index in [1.54, 1.807) is 0 Å². The molecule has 1 aromatic heterocycles. The predicted molar refractivity (Wildman–Crippen MR) is 57.3 cm³/mol. The molecule has 2 aromatic rings. The van der Waals surface area contributed by atoms with E-state index in [9.17, 15) is 0 Å². The smallest absolute Gasteiger partial charge is 0.0646 e. The second kappa shape index (κ2) is 3.14. The Morgan fingerprint density at radius 3 is 3.00 bits per heavy atom. The van der Waals surface area contributed by atoms with E-state index in [1.165, 1.54) is 29.4 Å². The molecule has 0 aliphatic carbocycles. The molecule has 1 fully saturated rings. The van der Waals surface area contributed by atoms with Crippen LogP contribution in [0.15, 0.2) is 30.3 Å². The molecule has 0 saturated carbocycles. The van der Waals surface area contributed by atoms with Gasteiger partial charge in [-0.05, 0) is 30.4 Å². The third kappa shape index (κ3) is 1.23. The van der Waals surface area contributed by atoms with Crippen molar-refractivity contribution >= 4 is 10.9 Å². The number of H-pyrrole nitrogens is 1. The fourth-order valence-corrected chi connectivity index (χ4v) is 2.15. The van der Waals surface area contributed by atoms with Gasteiger partial charge in [-0.3, -0.25) is 0 Å². The molecule has 0 bridgehead atoms. The van der Waals surface area contributed by atoms with Gasteiger partial charge in [0.2, 0.25) is 0 Å². The number of nitrogens with zero attached hydrogens (tertiary/aromatic N) is 1. The van der Waals surface area contributed by atoms with Gasteiger partial charge in [-0.1, -0.05) is 18.2 Å². The van der Waals surface area contributed by atoms with Crippen LogP contribution in [0.25, 0.3) is 10.9 Å². The monoisotopic (exact) mass is 185 g/mol. The lowest BCUT2D eigenvalue weighted by molar-refractivity contribution is 0.621. The summed E-state index contributed by atoms with van der Waals surface area (Å²) in [6.07, 6.45) is 2.44. The number of para-hydroxylation sites is 1. The second-order valence-electron chi connectivity index (χ2n) is 3.88. The van der Waals surface area contributed by atoms with E-state index in [0.29, 0.717) is 6.04 Å². The molecular formula is C12H13N2. The van der Waals surface area contributed by atoms with Crippen LogP contribution in [0.4, 0.5) is 0 Å². The zero-order chi connectivity index (χ0) is 9.38. The molecule has 1 aromatic carbocycles. The highest BCUT2D eigenvalue weighted by molar-refractivity contribution is 5.80. The largest absolute Gasteiger partial charge is 0.357 e. The molecule has 0 amide bonds. The molecular weight excluding hydrogens is 172 g/mol. The number of aromatic nitrogens is 1. The molecule has 71 valence electrons. The highest BCUT2D eigenvalue weighted by Gasteiger charge is 2.18. The molecule has 1 aliphatic heterocycles. The first-order chi connectivity index (χ1) is 6.93. The molecule has 1 saturated heterocycles. The number of nitrogens with one attached hydrogen (secondary N) is 1. The molecule has 1 unspecified atom stereocenters. The van der Waals surface area contributed by atoms with E-state index in [2.05, 4.69) is 40.6 Å². The van der Waals surface area contributed by atoms with Crippen molar-refractivity contribution in [2.24, 2.45) is 0 Å². The molecule has 1 N–H and O–H groups in total. The number of rotatable bonds is 1. The molecule has 0 spiro atoms. The van der Waals surface area contributed by atoms with E-state index >= 15 is 0 Å². The lowest BCUT2D eigenvalue weighted by Gasteiger charge is -2.04. The van der Waals surface area contributed by atoms with Crippen LogP contribution in [0.3, 0.4) is 0 Å². The van der Waals surface area contributed by atoms with E-state index in [-0.39, 0.29) is 0 Å². The molecule has 2 heterocycles. The first-order valence-corrected chi connectivity index (χ1v) is 5.18. The average molecular weight is 185 g/mol. The van der Waals surface area contributed by atoms with E-state index in [4.69, 9.17) is 0 Å². The highest BCUT2D eigenvalue weighted by atomic mass is 15.0. The van der Waals surface area contributed by atoms with Crippen LogP contribution < -0.4 is 5.32 Å². The van der Waals surface area contributed by atoms with Gasteiger partial charge in [0.05, 0.1) is 6.04 Å². The molecule has 1 radical (unpaired) electrons. The number of benzene rings is 1. The van der Waals surface area contributed by atoms with Crippen molar-refractivity contribution in [1.29, 1.82) is 0 Å². The van der Waals surface area contributed by atoms with Crippen LogP contribution in [0.5, 0.6) is 0 Å². The van der Waals surface area contributed by atoms with Gasteiger partial charge < -0.3 is 4.98 Å². The Morgan fingerprint density at radius 1 is 1.29 bits per heavy atom. The third-order valence-corrected chi connectivity index (χ3v) is 2.89. The minimum atomic E-state index is 0.419. The second-order valence-corrected chi connectivity index (χ2v) is 3.88.